The van der Waals surface area contributed by atoms with E-state index in [1.54, 1.807) is 0 Å². The zero-order chi connectivity index (χ0) is 35.4. The molecule has 7 rings (SSSR count). The van der Waals surface area contributed by atoms with Gasteiger partial charge in [0.25, 0.3) is 0 Å². The van der Waals surface area contributed by atoms with Crippen LogP contribution in [-0.2, 0) is 0 Å². The second-order valence-electron chi connectivity index (χ2n) is 15.7. The third-order valence-corrected chi connectivity index (χ3v) is 11.1. The molecule has 0 radical (unpaired) electrons. The van der Waals surface area contributed by atoms with E-state index in [4.69, 9.17) is 14.8 Å². The van der Waals surface area contributed by atoms with Gasteiger partial charge in [0.2, 0.25) is 0 Å². The van der Waals surface area contributed by atoms with E-state index in [9.17, 15) is 0 Å². The summed E-state index contributed by atoms with van der Waals surface area (Å²) in [7, 11) is 0. The van der Waals surface area contributed by atoms with Crippen LogP contribution >= 0.6 is 0 Å². The van der Waals surface area contributed by atoms with Crippen molar-refractivity contribution in [3.05, 3.63) is 119 Å². The minimum atomic E-state index is 0.328. The first-order valence-corrected chi connectivity index (χ1v) is 18.5. The van der Waals surface area contributed by atoms with Crippen molar-refractivity contribution in [2.24, 2.45) is 17.8 Å². The zero-order valence-electron chi connectivity index (χ0n) is 31.5. The number of aryl methyl sites for hydroxylation is 1. The van der Waals surface area contributed by atoms with Crippen LogP contribution < -0.4 is 4.74 Å². The zero-order valence-corrected chi connectivity index (χ0v) is 31.5. The van der Waals surface area contributed by atoms with E-state index in [1.807, 2.05) is 6.20 Å². The quantitative estimate of drug-likeness (QED) is 0.152. The number of nitrogens with zero attached hydrogens (tertiary/aromatic N) is 4. The molecule has 0 aliphatic heterocycles. The lowest BCUT2D eigenvalue weighted by Crippen LogP contribution is -2.24. The maximum absolute atomic E-state index is 6.77. The van der Waals surface area contributed by atoms with Gasteiger partial charge >= 0.3 is 0 Å². The molecule has 258 valence electrons. The van der Waals surface area contributed by atoms with Gasteiger partial charge in [-0.2, -0.15) is 5.10 Å². The number of fused-ring (bicyclic) bond motifs is 3. The Morgan fingerprint density at radius 2 is 1.50 bits per heavy atom. The first-order valence-electron chi connectivity index (χ1n) is 18.5. The predicted molar refractivity (Wildman–Crippen MR) is 208 cm³/mol. The molecule has 6 aromatic rings. The highest BCUT2D eigenvalue weighted by molar-refractivity contribution is 6.09. The topological polar surface area (TPSA) is 44.9 Å². The van der Waals surface area contributed by atoms with Crippen molar-refractivity contribution < 1.29 is 4.74 Å². The fourth-order valence-electron chi connectivity index (χ4n) is 8.29. The Bertz CT molecular complexity index is 2230. The number of hydrogen-bond donors (Lipinski definition) is 0. The lowest BCUT2D eigenvalue weighted by molar-refractivity contribution is 0.317. The molecule has 3 aromatic carbocycles. The van der Waals surface area contributed by atoms with Gasteiger partial charge in [-0.3, -0.25) is 4.57 Å². The summed E-state index contributed by atoms with van der Waals surface area (Å²) in [6.07, 6.45) is 5.67. The van der Waals surface area contributed by atoms with E-state index in [2.05, 4.69) is 157 Å². The Morgan fingerprint density at radius 1 is 0.760 bits per heavy atom. The summed E-state index contributed by atoms with van der Waals surface area (Å²) in [5.41, 5.74) is 10.9. The molecule has 50 heavy (non-hydrogen) atoms. The van der Waals surface area contributed by atoms with Crippen molar-refractivity contribution in [3.63, 3.8) is 0 Å². The van der Waals surface area contributed by atoms with Crippen LogP contribution in [0.1, 0.15) is 108 Å². The Morgan fingerprint density at radius 3 is 2.22 bits per heavy atom. The number of ether oxygens (including phenoxy) is 1. The number of allylic oxidation sites excluding steroid dienone is 2. The van der Waals surface area contributed by atoms with Gasteiger partial charge < -0.3 is 4.74 Å². The summed E-state index contributed by atoms with van der Waals surface area (Å²) in [5, 5.41) is 7.56. The summed E-state index contributed by atoms with van der Waals surface area (Å²) >= 11 is 0. The van der Waals surface area contributed by atoms with E-state index in [-0.39, 0.29) is 0 Å². The molecular formula is C45H52N4O. The normalized spacial score (nSPS) is 18.2. The molecule has 0 spiro atoms. The lowest BCUT2D eigenvalue weighted by atomic mass is 9.69. The summed E-state index contributed by atoms with van der Waals surface area (Å²) in [6.45, 7) is 22.8. The number of rotatable bonds is 8. The van der Waals surface area contributed by atoms with E-state index in [1.165, 1.54) is 45.2 Å². The van der Waals surface area contributed by atoms with Gasteiger partial charge in [-0.25, -0.2) is 9.67 Å². The predicted octanol–water partition coefficient (Wildman–Crippen LogP) is 12.4. The maximum Gasteiger partial charge on any atom is 0.137 e. The summed E-state index contributed by atoms with van der Waals surface area (Å²) < 4.78 is 11.2. The Balaban J connectivity index is 1.30. The van der Waals surface area contributed by atoms with Crippen LogP contribution in [0, 0.1) is 31.6 Å². The van der Waals surface area contributed by atoms with Crippen molar-refractivity contribution >= 4 is 21.8 Å². The van der Waals surface area contributed by atoms with Crippen molar-refractivity contribution in [2.45, 2.75) is 93.4 Å². The molecule has 0 amide bonds. The first-order chi connectivity index (χ1) is 23.9. The second kappa shape index (κ2) is 13.2. The van der Waals surface area contributed by atoms with Crippen LogP contribution in [0.4, 0.5) is 0 Å². The van der Waals surface area contributed by atoms with Gasteiger partial charge in [-0.05, 0) is 110 Å². The van der Waals surface area contributed by atoms with Crippen molar-refractivity contribution in [3.8, 4) is 23.0 Å². The highest BCUT2D eigenvalue weighted by Gasteiger charge is 2.33. The molecule has 3 heterocycles. The van der Waals surface area contributed by atoms with Gasteiger partial charge in [0.05, 0.1) is 22.4 Å². The third kappa shape index (κ3) is 6.05. The molecular weight excluding hydrogens is 613 g/mol. The van der Waals surface area contributed by atoms with Crippen molar-refractivity contribution in [1.29, 1.82) is 0 Å². The number of benzene rings is 3. The molecule has 0 N–H and O–H groups in total. The van der Waals surface area contributed by atoms with Crippen LogP contribution in [0.5, 0.6) is 11.5 Å². The van der Waals surface area contributed by atoms with Crippen LogP contribution in [0.3, 0.4) is 0 Å². The van der Waals surface area contributed by atoms with Gasteiger partial charge in [0.15, 0.2) is 0 Å². The van der Waals surface area contributed by atoms with Gasteiger partial charge in [-0.1, -0.05) is 78.3 Å². The SMILES string of the molecule is CC1=C[C@H](C(C)C)CC(C)[C@H]1c1c(C)nn(-c2cc(Oc3ccc4c5ccccc5n(-c5cc(C(C)C)ccn5)c4c3)cc(C(C)C)c2)c1C. The third-order valence-electron chi connectivity index (χ3n) is 11.1. The molecule has 3 atom stereocenters. The standard InChI is InChI=1S/C45H52N4O/c1-26(2)33-17-18-46-43(23-33)48-41-14-12-11-13-39(41)40-16-15-37(25-42(40)48)50-38-22-35(28(5)6)21-36(24-38)49-32(10)45(31(9)47-49)44-29(7)19-34(27(3)4)20-30(44)8/h11-19,21-28,30,34,44H,20H2,1-10H3/t30?,34-,44-/m0/s1. The molecule has 1 aliphatic rings. The van der Waals surface area contributed by atoms with E-state index in [0.29, 0.717) is 35.5 Å². The Kier molecular flexibility index (Phi) is 8.96. The molecule has 1 unspecified atom stereocenters. The second-order valence-corrected chi connectivity index (χ2v) is 15.7. The molecule has 5 nitrogen and oxygen atoms in total. The van der Waals surface area contributed by atoms with Gasteiger partial charge in [0, 0.05) is 46.3 Å². The van der Waals surface area contributed by atoms with Crippen LogP contribution in [0.2, 0.25) is 0 Å². The molecule has 0 bridgehead atoms. The van der Waals surface area contributed by atoms with E-state index < -0.39 is 0 Å². The molecule has 5 heteroatoms. The van der Waals surface area contributed by atoms with E-state index in [0.717, 1.165) is 39.7 Å². The summed E-state index contributed by atoms with van der Waals surface area (Å²) in [5.74, 6) is 5.51. The number of pyridine rings is 1. The average Bonchev–Trinajstić information content (AvgIpc) is 3.57. The average molecular weight is 665 g/mol. The Labute approximate surface area is 298 Å². The first kappa shape index (κ1) is 33.8. The largest absolute Gasteiger partial charge is 0.457 e. The van der Waals surface area contributed by atoms with Crippen LogP contribution in [-0.4, -0.2) is 19.3 Å². The summed E-state index contributed by atoms with van der Waals surface area (Å²) in [6, 6.07) is 25.9. The number of para-hydroxylation sites is 1. The van der Waals surface area contributed by atoms with Crippen LogP contribution in [0.25, 0.3) is 33.3 Å². The minimum Gasteiger partial charge on any atom is -0.457 e. The van der Waals surface area contributed by atoms with Crippen LogP contribution in [0.15, 0.2) is 90.6 Å². The number of hydrogen-bond acceptors (Lipinski definition) is 3. The van der Waals surface area contributed by atoms with Crippen molar-refractivity contribution in [1.82, 2.24) is 19.3 Å². The van der Waals surface area contributed by atoms with Gasteiger partial charge in [0.1, 0.15) is 17.3 Å². The fraction of sp³-hybridized carbons (Fsp3) is 0.378. The smallest absolute Gasteiger partial charge is 0.137 e. The highest BCUT2D eigenvalue weighted by atomic mass is 16.5. The molecule has 0 saturated carbocycles. The maximum atomic E-state index is 6.77. The number of aromatic nitrogens is 4. The molecule has 1 aliphatic carbocycles. The monoisotopic (exact) mass is 664 g/mol. The molecule has 0 fully saturated rings. The Hall–Kier alpha value is -4.64. The summed E-state index contributed by atoms with van der Waals surface area (Å²) in [4.78, 5) is 4.83. The minimum absolute atomic E-state index is 0.328. The van der Waals surface area contributed by atoms with Gasteiger partial charge in [-0.15, -0.1) is 0 Å². The molecule has 0 saturated heterocycles. The van der Waals surface area contributed by atoms with E-state index >= 15 is 0 Å². The fourth-order valence-corrected chi connectivity index (χ4v) is 8.29. The molecule has 3 aromatic heterocycles. The lowest BCUT2D eigenvalue weighted by Gasteiger charge is -2.35. The van der Waals surface area contributed by atoms with Crippen molar-refractivity contribution in [2.75, 3.05) is 0 Å². The highest BCUT2D eigenvalue weighted by Crippen LogP contribution is 2.45.